The molecule has 0 saturated heterocycles. The molecule has 0 aromatic heterocycles. The molecule has 1 atom stereocenters. The van der Waals surface area contributed by atoms with E-state index in [1.807, 2.05) is 0 Å². The van der Waals surface area contributed by atoms with E-state index < -0.39 is 12.1 Å². The van der Waals surface area contributed by atoms with E-state index in [0.29, 0.717) is 16.9 Å². The van der Waals surface area contributed by atoms with Gasteiger partial charge in [-0.25, -0.2) is 9.18 Å². The molecule has 0 bridgehead atoms. The molecule has 0 radical (unpaired) electrons. The topological polar surface area (TPSA) is 61.4 Å². The predicted octanol–water partition coefficient (Wildman–Crippen LogP) is 3.83. The quantitative estimate of drug-likeness (QED) is 0.803. The molecule has 0 saturated carbocycles. The Balaban J connectivity index is 2.03. The highest BCUT2D eigenvalue weighted by Gasteiger charge is 2.08. The van der Waals surface area contributed by atoms with E-state index in [0.717, 1.165) is 5.56 Å². The molecule has 0 heterocycles. The van der Waals surface area contributed by atoms with Crippen LogP contribution >= 0.6 is 0 Å². The van der Waals surface area contributed by atoms with Crippen LogP contribution in [-0.4, -0.2) is 11.1 Å². The van der Waals surface area contributed by atoms with Crippen LogP contribution in [0.5, 0.6) is 0 Å². The van der Waals surface area contributed by atoms with E-state index in [-0.39, 0.29) is 5.82 Å². The average molecular weight is 288 g/mol. The van der Waals surface area contributed by atoms with Gasteiger partial charge in [0.2, 0.25) is 0 Å². The van der Waals surface area contributed by atoms with Gasteiger partial charge in [-0.15, -0.1) is 0 Å². The molecule has 21 heavy (non-hydrogen) atoms. The van der Waals surface area contributed by atoms with Gasteiger partial charge in [0.25, 0.3) is 0 Å². The zero-order valence-electron chi connectivity index (χ0n) is 11.9. The van der Waals surface area contributed by atoms with Crippen LogP contribution in [0.15, 0.2) is 42.5 Å². The normalized spacial score (nSPS) is 11.8. The fourth-order valence-corrected chi connectivity index (χ4v) is 1.87. The van der Waals surface area contributed by atoms with Gasteiger partial charge in [-0.05, 0) is 43.7 Å². The summed E-state index contributed by atoms with van der Waals surface area (Å²) in [5, 5.41) is 14.7. The number of nitrogens with one attached hydrogen (secondary N) is 2. The van der Waals surface area contributed by atoms with Gasteiger partial charge < -0.3 is 15.7 Å². The molecule has 2 rings (SSSR count). The molecule has 110 valence electrons. The van der Waals surface area contributed by atoms with Gasteiger partial charge in [-0.3, -0.25) is 0 Å². The monoisotopic (exact) mass is 288 g/mol. The van der Waals surface area contributed by atoms with Gasteiger partial charge in [-0.2, -0.15) is 0 Å². The number of carbonyl (C=O) groups excluding carboxylic acids is 1. The van der Waals surface area contributed by atoms with Crippen molar-refractivity contribution in [2.24, 2.45) is 0 Å². The maximum absolute atomic E-state index is 13.4. The molecule has 0 aliphatic carbocycles. The molecule has 1 unspecified atom stereocenters. The van der Waals surface area contributed by atoms with Crippen LogP contribution in [0, 0.1) is 12.7 Å². The van der Waals surface area contributed by atoms with Crippen LogP contribution in [0.25, 0.3) is 0 Å². The van der Waals surface area contributed by atoms with Crippen LogP contribution in [-0.2, 0) is 0 Å². The van der Waals surface area contributed by atoms with Crippen LogP contribution < -0.4 is 10.6 Å². The first-order valence-electron chi connectivity index (χ1n) is 6.58. The summed E-state index contributed by atoms with van der Waals surface area (Å²) in [6.07, 6.45) is -0.553. The van der Waals surface area contributed by atoms with E-state index in [4.69, 9.17) is 0 Å². The van der Waals surface area contributed by atoms with Crippen LogP contribution in [0.3, 0.4) is 0 Å². The molecular formula is C16H17FN2O2. The van der Waals surface area contributed by atoms with Crippen molar-refractivity contribution < 1.29 is 14.3 Å². The van der Waals surface area contributed by atoms with Crippen molar-refractivity contribution in [2.75, 3.05) is 10.6 Å². The van der Waals surface area contributed by atoms with Gasteiger partial charge in [0, 0.05) is 16.9 Å². The minimum absolute atomic E-state index is 0.367. The Labute approximate surface area is 122 Å². The van der Waals surface area contributed by atoms with Crippen molar-refractivity contribution in [3.63, 3.8) is 0 Å². The third kappa shape index (κ3) is 3.79. The molecule has 3 N–H and O–H groups in total. The number of amides is 2. The Kier molecular flexibility index (Phi) is 4.55. The second kappa shape index (κ2) is 6.37. The molecule has 2 amide bonds. The molecule has 0 fully saturated rings. The number of benzene rings is 2. The summed E-state index contributed by atoms with van der Waals surface area (Å²) < 4.78 is 13.4. The number of rotatable bonds is 3. The fourth-order valence-electron chi connectivity index (χ4n) is 1.87. The van der Waals surface area contributed by atoms with Crippen LogP contribution in [0.1, 0.15) is 24.2 Å². The number of carbonyl (C=O) groups is 1. The molecule has 0 spiro atoms. The maximum atomic E-state index is 13.4. The molecule has 2 aromatic rings. The average Bonchev–Trinajstić information content (AvgIpc) is 2.44. The van der Waals surface area contributed by atoms with E-state index in [1.165, 1.54) is 12.1 Å². The van der Waals surface area contributed by atoms with Crippen LogP contribution in [0.2, 0.25) is 0 Å². The zero-order valence-corrected chi connectivity index (χ0v) is 11.9. The lowest BCUT2D eigenvalue weighted by atomic mass is 10.1. The van der Waals surface area contributed by atoms with Gasteiger partial charge in [-0.1, -0.05) is 18.2 Å². The predicted molar refractivity (Wildman–Crippen MR) is 80.9 cm³/mol. The molecule has 2 aromatic carbocycles. The van der Waals surface area contributed by atoms with Crippen molar-refractivity contribution in [1.82, 2.24) is 0 Å². The first-order valence-corrected chi connectivity index (χ1v) is 6.58. The summed E-state index contributed by atoms with van der Waals surface area (Å²) in [5.74, 6) is -0.367. The number of hydrogen-bond donors (Lipinski definition) is 3. The molecule has 0 aliphatic heterocycles. The van der Waals surface area contributed by atoms with Crippen molar-refractivity contribution in [3.8, 4) is 0 Å². The minimum Gasteiger partial charge on any atom is -0.389 e. The SMILES string of the molecule is Cc1c(F)cccc1NC(=O)Nc1ccc(C(C)O)cc1. The third-order valence-electron chi connectivity index (χ3n) is 3.17. The van der Waals surface area contributed by atoms with Crippen molar-refractivity contribution in [2.45, 2.75) is 20.0 Å². The second-order valence-corrected chi connectivity index (χ2v) is 4.79. The Morgan fingerprint density at radius 3 is 2.43 bits per heavy atom. The Hall–Kier alpha value is -2.40. The van der Waals surface area contributed by atoms with E-state index in [1.54, 1.807) is 44.2 Å². The lowest BCUT2D eigenvalue weighted by molar-refractivity contribution is 0.199. The van der Waals surface area contributed by atoms with E-state index >= 15 is 0 Å². The largest absolute Gasteiger partial charge is 0.389 e. The van der Waals surface area contributed by atoms with Crippen molar-refractivity contribution in [1.29, 1.82) is 0 Å². The summed E-state index contributed by atoms with van der Waals surface area (Å²) in [6.45, 7) is 3.27. The summed E-state index contributed by atoms with van der Waals surface area (Å²) in [4.78, 5) is 11.9. The third-order valence-corrected chi connectivity index (χ3v) is 3.17. The van der Waals surface area contributed by atoms with Gasteiger partial charge >= 0.3 is 6.03 Å². The molecule has 4 nitrogen and oxygen atoms in total. The number of anilines is 2. The Morgan fingerprint density at radius 2 is 1.81 bits per heavy atom. The number of hydrogen-bond acceptors (Lipinski definition) is 2. The number of aliphatic hydroxyl groups is 1. The number of urea groups is 1. The first kappa shape index (κ1) is 15.0. The second-order valence-electron chi connectivity index (χ2n) is 4.79. The van der Waals surface area contributed by atoms with Gasteiger partial charge in [0.15, 0.2) is 0 Å². The van der Waals surface area contributed by atoms with Crippen molar-refractivity contribution >= 4 is 17.4 Å². The van der Waals surface area contributed by atoms with Gasteiger partial charge in [0.1, 0.15) is 5.82 Å². The maximum Gasteiger partial charge on any atom is 0.323 e. The van der Waals surface area contributed by atoms with Crippen LogP contribution in [0.4, 0.5) is 20.6 Å². The molecule has 0 aliphatic rings. The number of aliphatic hydroxyl groups excluding tert-OH is 1. The van der Waals surface area contributed by atoms with Gasteiger partial charge in [0.05, 0.1) is 6.10 Å². The standard InChI is InChI=1S/C16H17FN2O2/c1-10-14(17)4-3-5-15(10)19-16(21)18-13-8-6-12(7-9-13)11(2)20/h3-9,11,20H,1-2H3,(H2,18,19,21). The zero-order chi connectivity index (χ0) is 15.4. The van der Waals surface area contributed by atoms with E-state index in [9.17, 15) is 14.3 Å². The smallest absolute Gasteiger partial charge is 0.323 e. The minimum atomic E-state index is -0.553. The Morgan fingerprint density at radius 1 is 1.14 bits per heavy atom. The first-order chi connectivity index (χ1) is 9.97. The summed E-state index contributed by atoms with van der Waals surface area (Å²) in [5.41, 5.74) is 2.16. The number of halogens is 1. The summed E-state index contributed by atoms with van der Waals surface area (Å²) >= 11 is 0. The lowest BCUT2D eigenvalue weighted by Gasteiger charge is -2.11. The van der Waals surface area contributed by atoms with Crippen molar-refractivity contribution in [3.05, 3.63) is 59.4 Å². The lowest BCUT2D eigenvalue weighted by Crippen LogP contribution is -2.20. The summed E-state index contributed by atoms with van der Waals surface area (Å²) in [7, 11) is 0. The summed E-state index contributed by atoms with van der Waals surface area (Å²) in [6, 6.07) is 10.9. The Bertz CT molecular complexity index is 639. The highest BCUT2D eigenvalue weighted by Crippen LogP contribution is 2.19. The van der Waals surface area contributed by atoms with E-state index in [2.05, 4.69) is 10.6 Å². The highest BCUT2D eigenvalue weighted by atomic mass is 19.1. The molecule has 5 heteroatoms. The molecular weight excluding hydrogens is 271 g/mol. The highest BCUT2D eigenvalue weighted by molar-refractivity contribution is 6.00. The fraction of sp³-hybridized carbons (Fsp3) is 0.188.